The molecule has 1 N–H and O–H groups in total. The predicted octanol–water partition coefficient (Wildman–Crippen LogP) is 2.97. The summed E-state index contributed by atoms with van der Waals surface area (Å²) in [4.78, 5) is 0.0603. The van der Waals surface area contributed by atoms with Crippen LogP contribution in [0.4, 0.5) is 0 Å². The first kappa shape index (κ1) is 13.1. The molecule has 2 rings (SSSR count). The quantitative estimate of drug-likeness (QED) is 0.939. The largest absolute Gasteiger partial charge is 0.468 e. The van der Waals surface area contributed by atoms with Crippen molar-refractivity contribution < 1.29 is 12.8 Å². The summed E-state index contributed by atoms with van der Waals surface area (Å²) in [5.41, 5.74) is 0. The third-order valence-electron chi connectivity index (χ3n) is 2.43. The Bertz CT molecular complexity index is 623. The first-order valence-corrected chi connectivity index (χ1v) is 7.17. The maximum atomic E-state index is 12.1. The fraction of sp³-hybridized carbons (Fsp3) is 0.167. The van der Waals surface area contributed by atoms with Crippen LogP contribution < -0.4 is 4.72 Å². The Morgan fingerprint density at radius 1 is 1.22 bits per heavy atom. The van der Waals surface area contributed by atoms with Gasteiger partial charge in [0.15, 0.2) is 0 Å². The fourth-order valence-corrected chi connectivity index (χ4v) is 3.29. The lowest BCUT2D eigenvalue weighted by molar-refractivity contribution is 0.459. The van der Waals surface area contributed by atoms with Gasteiger partial charge in [0, 0.05) is 0 Å². The van der Waals surface area contributed by atoms with Gasteiger partial charge in [0.2, 0.25) is 10.0 Å². The number of hydrogen-bond acceptors (Lipinski definition) is 3. The molecule has 4 nitrogen and oxygen atoms in total. The SMILES string of the molecule is C[C@@H](NS(=O)(=O)c1ccccc1Cl)c1ccco1. The van der Waals surface area contributed by atoms with Crippen molar-refractivity contribution in [1.29, 1.82) is 0 Å². The van der Waals surface area contributed by atoms with Crippen LogP contribution in [0.1, 0.15) is 18.7 Å². The lowest BCUT2D eigenvalue weighted by Crippen LogP contribution is -2.26. The number of sulfonamides is 1. The summed E-state index contributed by atoms with van der Waals surface area (Å²) >= 11 is 5.87. The molecule has 0 spiro atoms. The van der Waals surface area contributed by atoms with Crippen molar-refractivity contribution >= 4 is 21.6 Å². The highest BCUT2D eigenvalue weighted by Crippen LogP contribution is 2.23. The molecular weight excluding hydrogens is 274 g/mol. The average molecular weight is 286 g/mol. The maximum absolute atomic E-state index is 12.1. The molecule has 0 radical (unpaired) electrons. The Hall–Kier alpha value is -1.30. The molecule has 1 aromatic carbocycles. The molecule has 1 heterocycles. The van der Waals surface area contributed by atoms with Crippen LogP contribution in [0.15, 0.2) is 52.0 Å². The van der Waals surface area contributed by atoms with Gasteiger partial charge in [-0.15, -0.1) is 0 Å². The zero-order valence-electron chi connectivity index (χ0n) is 9.63. The van der Waals surface area contributed by atoms with Gasteiger partial charge in [-0.2, -0.15) is 0 Å². The molecule has 2 aromatic rings. The van der Waals surface area contributed by atoms with Gasteiger partial charge in [0.1, 0.15) is 10.7 Å². The van der Waals surface area contributed by atoms with Gasteiger partial charge in [-0.05, 0) is 31.2 Å². The predicted molar refractivity (Wildman–Crippen MR) is 68.9 cm³/mol. The van der Waals surface area contributed by atoms with Crippen molar-refractivity contribution in [2.75, 3.05) is 0 Å². The van der Waals surface area contributed by atoms with E-state index in [1.54, 1.807) is 31.2 Å². The van der Waals surface area contributed by atoms with E-state index in [2.05, 4.69) is 4.72 Å². The summed E-state index contributed by atoms with van der Waals surface area (Å²) in [5, 5.41) is 0.191. The van der Waals surface area contributed by atoms with E-state index in [4.69, 9.17) is 16.0 Å². The minimum Gasteiger partial charge on any atom is -0.468 e. The van der Waals surface area contributed by atoms with Crippen LogP contribution in [0.5, 0.6) is 0 Å². The number of nitrogens with one attached hydrogen (secondary N) is 1. The number of furan rings is 1. The summed E-state index contributed by atoms with van der Waals surface area (Å²) in [5.74, 6) is 0.547. The molecule has 0 saturated heterocycles. The Morgan fingerprint density at radius 3 is 2.56 bits per heavy atom. The van der Waals surface area contributed by atoms with E-state index in [1.165, 1.54) is 18.4 Å². The third-order valence-corrected chi connectivity index (χ3v) is 4.47. The number of benzene rings is 1. The molecule has 1 aromatic heterocycles. The smallest absolute Gasteiger partial charge is 0.242 e. The van der Waals surface area contributed by atoms with Gasteiger partial charge in [-0.3, -0.25) is 0 Å². The van der Waals surface area contributed by atoms with E-state index in [9.17, 15) is 8.42 Å². The molecule has 0 saturated carbocycles. The monoisotopic (exact) mass is 285 g/mol. The summed E-state index contributed by atoms with van der Waals surface area (Å²) in [6, 6.07) is 9.25. The highest BCUT2D eigenvalue weighted by atomic mass is 35.5. The first-order chi connectivity index (χ1) is 8.50. The first-order valence-electron chi connectivity index (χ1n) is 5.31. The lowest BCUT2D eigenvalue weighted by atomic mass is 10.3. The maximum Gasteiger partial charge on any atom is 0.242 e. The number of halogens is 1. The van der Waals surface area contributed by atoms with Crippen molar-refractivity contribution in [3.63, 3.8) is 0 Å². The van der Waals surface area contributed by atoms with Crippen molar-refractivity contribution in [2.24, 2.45) is 0 Å². The molecule has 96 valence electrons. The van der Waals surface area contributed by atoms with Crippen LogP contribution in [0.3, 0.4) is 0 Å². The zero-order chi connectivity index (χ0) is 13.2. The van der Waals surface area contributed by atoms with Crippen LogP contribution in [-0.4, -0.2) is 8.42 Å². The van der Waals surface area contributed by atoms with Crippen LogP contribution >= 0.6 is 11.6 Å². The summed E-state index contributed by atoms with van der Waals surface area (Å²) in [7, 11) is -3.66. The molecule has 0 bridgehead atoms. The van der Waals surface area contributed by atoms with E-state index < -0.39 is 16.1 Å². The molecule has 0 fully saturated rings. The average Bonchev–Trinajstić information content (AvgIpc) is 2.82. The van der Waals surface area contributed by atoms with Crippen LogP contribution in [0, 0.1) is 0 Å². The second-order valence-corrected chi connectivity index (χ2v) is 5.88. The topological polar surface area (TPSA) is 59.3 Å². The molecule has 0 aliphatic carbocycles. The van der Waals surface area contributed by atoms with Crippen LogP contribution in [-0.2, 0) is 10.0 Å². The molecule has 0 unspecified atom stereocenters. The minimum atomic E-state index is -3.66. The van der Waals surface area contributed by atoms with Crippen molar-refractivity contribution in [3.05, 3.63) is 53.4 Å². The molecule has 0 amide bonds. The second kappa shape index (κ2) is 5.14. The molecule has 0 aliphatic heterocycles. The molecule has 18 heavy (non-hydrogen) atoms. The van der Waals surface area contributed by atoms with E-state index in [0.29, 0.717) is 5.76 Å². The summed E-state index contributed by atoms with van der Waals surface area (Å²) < 4.78 is 31.9. The van der Waals surface area contributed by atoms with Crippen LogP contribution in [0.2, 0.25) is 5.02 Å². The number of rotatable bonds is 4. The Balaban J connectivity index is 2.26. The minimum absolute atomic E-state index is 0.0603. The van der Waals surface area contributed by atoms with Gasteiger partial charge in [-0.25, -0.2) is 13.1 Å². The normalized spacial score (nSPS) is 13.4. The molecule has 1 atom stereocenters. The zero-order valence-corrected chi connectivity index (χ0v) is 11.2. The Kier molecular flexibility index (Phi) is 3.75. The second-order valence-electron chi connectivity index (χ2n) is 3.79. The lowest BCUT2D eigenvalue weighted by Gasteiger charge is -2.12. The molecular formula is C12H12ClNO3S. The van der Waals surface area contributed by atoms with Gasteiger partial charge in [0.25, 0.3) is 0 Å². The van der Waals surface area contributed by atoms with E-state index in [1.807, 2.05) is 0 Å². The van der Waals surface area contributed by atoms with Crippen LogP contribution in [0.25, 0.3) is 0 Å². The highest BCUT2D eigenvalue weighted by Gasteiger charge is 2.21. The summed E-state index contributed by atoms with van der Waals surface area (Å²) in [6.07, 6.45) is 1.50. The molecule has 6 heteroatoms. The fourth-order valence-electron chi connectivity index (χ4n) is 1.55. The molecule has 0 aliphatic rings. The number of hydrogen-bond donors (Lipinski definition) is 1. The van der Waals surface area contributed by atoms with E-state index >= 15 is 0 Å². The van der Waals surface area contributed by atoms with Gasteiger partial charge < -0.3 is 4.42 Å². The highest BCUT2D eigenvalue weighted by molar-refractivity contribution is 7.89. The Labute approximate surface area is 111 Å². The van der Waals surface area contributed by atoms with Crippen molar-refractivity contribution in [2.45, 2.75) is 17.9 Å². The van der Waals surface area contributed by atoms with Crippen molar-refractivity contribution in [3.8, 4) is 0 Å². The van der Waals surface area contributed by atoms with Gasteiger partial charge in [-0.1, -0.05) is 23.7 Å². The van der Waals surface area contributed by atoms with E-state index in [0.717, 1.165) is 0 Å². The standard InChI is InChI=1S/C12H12ClNO3S/c1-9(11-6-4-8-17-11)14-18(15,16)12-7-3-2-5-10(12)13/h2-9,14H,1H3/t9-/m1/s1. The summed E-state index contributed by atoms with van der Waals surface area (Å²) in [6.45, 7) is 1.70. The Morgan fingerprint density at radius 2 is 1.94 bits per heavy atom. The van der Waals surface area contributed by atoms with Gasteiger partial charge in [0.05, 0.1) is 17.3 Å². The van der Waals surface area contributed by atoms with E-state index in [-0.39, 0.29) is 9.92 Å². The van der Waals surface area contributed by atoms with Gasteiger partial charge >= 0.3 is 0 Å². The third kappa shape index (κ3) is 2.75. The van der Waals surface area contributed by atoms with Crippen molar-refractivity contribution in [1.82, 2.24) is 4.72 Å².